The van der Waals surface area contributed by atoms with Crippen molar-refractivity contribution >= 4 is 5.82 Å². The highest BCUT2D eigenvalue weighted by atomic mass is 15.1. The Morgan fingerprint density at radius 1 is 1.29 bits per heavy atom. The molecule has 0 fully saturated rings. The fourth-order valence-electron chi connectivity index (χ4n) is 1.60. The molecule has 0 aliphatic heterocycles. The average Bonchev–Trinajstić information content (AvgIpc) is 2.64. The maximum atomic E-state index is 5.78. The van der Waals surface area contributed by atoms with E-state index in [1.54, 1.807) is 6.20 Å². The van der Waals surface area contributed by atoms with Crippen LogP contribution in [-0.4, -0.2) is 10.2 Å². The lowest BCUT2D eigenvalue weighted by molar-refractivity contribution is 1.10. The van der Waals surface area contributed by atoms with Gasteiger partial charge in [0.2, 0.25) is 0 Å². The van der Waals surface area contributed by atoms with Gasteiger partial charge in [-0.25, -0.2) is 0 Å². The number of aromatic amines is 1. The van der Waals surface area contributed by atoms with Gasteiger partial charge < -0.3 is 5.73 Å². The van der Waals surface area contributed by atoms with E-state index in [4.69, 9.17) is 5.73 Å². The first-order valence-electron chi connectivity index (χ1n) is 4.70. The molecule has 1 heterocycles. The van der Waals surface area contributed by atoms with Gasteiger partial charge in [-0.3, -0.25) is 5.10 Å². The standard InChI is InChI=1S/C11H13N3/c1-2-8-5-3-4-6-9(8)10-7-13-14-11(10)12/h3-7H,2H2,1H3,(H3,12,13,14). The molecule has 2 aromatic rings. The van der Waals surface area contributed by atoms with Gasteiger partial charge >= 0.3 is 0 Å². The fourth-order valence-corrected chi connectivity index (χ4v) is 1.60. The molecule has 14 heavy (non-hydrogen) atoms. The van der Waals surface area contributed by atoms with Gasteiger partial charge in [0.05, 0.1) is 6.20 Å². The highest BCUT2D eigenvalue weighted by Crippen LogP contribution is 2.27. The number of H-pyrrole nitrogens is 1. The first-order valence-corrected chi connectivity index (χ1v) is 4.70. The summed E-state index contributed by atoms with van der Waals surface area (Å²) in [5, 5.41) is 6.67. The summed E-state index contributed by atoms with van der Waals surface area (Å²) in [5.74, 6) is 0.630. The van der Waals surface area contributed by atoms with E-state index in [0.29, 0.717) is 5.82 Å². The third kappa shape index (κ3) is 1.37. The number of benzene rings is 1. The van der Waals surface area contributed by atoms with Gasteiger partial charge in [0.25, 0.3) is 0 Å². The van der Waals surface area contributed by atoms with E-state index >= 15 is 0 Å². The van der Waals surface area contributed by atoms with E-state index < -0.39 is 0 Å². The zero-order valence-electron chi connectivity index (χ0n) is 8.12. The maximum Gasteiger partial charge on any atom is 0.126 e. The van der Waals surface area contributed by atoms with Crippen molar-refractivity contribution in [2.45, 2.75) is 13.3 Å². The van der Waals surface area contributed by atoms with Crippen LogP contribution in [0.15, 0.2) is 30.5 Å². The molecule has 3 nitrogen and oxygen atoms in total. The Labute approximate surface area is 83.0 Å². The lowest BCUT2D eigenvalue weighted by atomic mass is 10.0. The molecule has 72 valence electrons. The van der Waals surface area contributed by atoms with Crippen molar-refractivity contribution in [3.63, 3.8) is 0 Å². The molecule has 3 N–H and O–H groups in total. The largest absolute Gasteiger partial charge is 0.384 e. The molecule has 3 heteroatoms. The Kier molecular flexibility index (Phi) is 2.23. The van der Waals surface area contributed by atoms with E-state index in [1.807, 2.05) is 12.1 Å². The average molecular weight is 187 g/mol. The Balaban J connectivity index is 2.56. The van der Waals surface area contributed by atoms with E-state index in [0.717, 1.165) is 12.0 Å². The van der Waals surface area contributed by atoms with Crippen molar-refractivity contribution < 1.29 is 0 Å². The van der Waals surface area contributed by atoms with Crippen LogP contribution in [0.4, 0.5) is 5.82 Å². The van der Waals surface area contributed by atoms with Crippen molar-refractivity contribution in [3.8, 4) is 11.1 Å². The minimum atomic E-state index is 0.630. The molecule has 1 aromatic heterocycles. The van der Waals surface area contributed by atoms with Crippen LogP contribution in [0.3, 0.4) is 0 Å². The number of rotatable bonds is 2. The molecule has 0 atom stereocenters. The van der Waals surface area contributed by atoms with Crippen LogP contribution in [0.2, 0.25) is 0 Å². The molecule has 0 radical (unpaired) electrons. The van der Waals surface area contributed by atoms with Crippen LogP contribution in [-0.2, 0) is 6.42 Å². The quantitative estimate of drug-likeness (QED) is 0.757. The summed E-state index contributed by atoms with van der Waals surface area (Å²) in [4.78, 5) is 0. The van der Waals surface area contributed by atoms with Crippen molar-refractivity contribution in [3.05, 3.63) is 36.0 Å². The van der Waals surface area contributed by atoms with Crippen molar-refractivity contribution in [2.75, 3.05) is 5.73 Å². The molecule has 1 aromatic carbocycles. The number of nitrogens with zero attached hydrogens (tertiary/aromatic N) is 1. The number of anilines is 1. The Hall–Kier alpha value is -1.77. The normalized spacial score (nSPS) is 10.4. The predicted octanol–water partition coefficient (Wildman–Crippen LogP) is 2.22. The minimum absolute atomic E-state index is 0.630. The summed E-state index contributed by atoms with van der Waals surface area (Å²) in [7, 11) is 0. The molecule has 0 aliphatic carbocycles. The van der Waals surface area contributed by atoms with Crippen LogP contribution < -0.4 is 5.73 Å². The monoisotopic (exact) mass is 187 g/mol. The number of nitrogens with one attached hydrogen (secondary N) is 1. The zero-order chi connectivity index (χ0) is 9.97. The van der Waals surface area contributed by atoms with Gasteiger partial charge in [0.1, 0.15) is 5.82 Å². The SMILES string of the molecule is CCc1ccccc1-c1cn[nH]c1N. The van der Waals surface area contributed by atoms with Gasteiger partial charge in [-0.15, -0.1) is 0 Å². The van der Waals surface area contributed by atoms with E-state index in [1.165, 1.54) is 11.1 Å². The second-order valence-electron chi connectivity index (χ2n) is 3.21. The number of nitrogens with two attached hydrogens (primary N) is 1. The number of aromatic nitrogens is 2. The smallest absolute Gasteiger partial charge is 0.126 e. The summed E-state index contributed by atoms with van der Waals surface area (Å²) < 4.78 is 0. The van der Waals surface area contributed by atoms with Crippen molar-refractivity contribution in [2.24, 2.45) is 0 Å². The fraction of sp³-hybridized carbons (Fsp3) is 0.182. The number of hydrogen-bond donors (Lipinski definition) is 2. The molecule has 0 saturated carbocycles. The van der Waals surface area contributed by atoms with Crippen LogP contribution in [0.5, 0.6) is 0 Å². The minimum Gasteiger partial charge on any atom is -0.384 e. The summed E-state index contributed by atoms with van der Waals surface area (Å²) in [6.07, 6.45) is 2.77. The zero-order valence-corrected chi connectivity index (χ0v) is 8.12. The summed E-state index contributed by atoms with van der Waals surface area (Å²) in [6.45, 7) is 2.13. The van der Waals surface area contributed by atoms with Crippen LogP contribution >= 0.6 is 0 Å². The first-order chi connectivity index (χ1) is 6.83. The molecule has 0 aliphatic rings. The Bertz CT molecular complexity index is 432. The van der Waals surface area contributed by atoms with Gasteiger partial charge in [0, 0.05) is 5.56 Å². The van der Waals surface area contributed by atoms with Gasteiger partial charge in [-0.1, -0.05) is 31.2 Å². The van der Waals surface area contributed by atoms with E-state index in [9.17, 15) is 0 Å². The van der Waals surface area contributed by atoms with Crippen LogP contribution in [0, 0.1) is 0 Å². The highest BCUT2D eigenvalue weighted by molar-refractivity contribution is 5.75. The number of aryl methyl sites for hydroxylation is 1. The summed E-state index contributed by atoms with van der Waals surface area (Å²) in [5.41, 5.74) is 9.23. The lowest BCUT2D eigenvalue weighted by Gasteiger charge is -2.05. The molecule has 2 rings (SSSR count). The molecule has 0 unspecified atom stereocenters. The van der Waals surface area contributed by atoms with Gasteiger partial charge in [-0.2, -0.15) is 5.10 Å². The molecule has 0 spiro atoms. The molecular formula is C11H13N3. The third-order valence-corrected chi connectivity index (χ3v) is 2.36. The molecule has 0 bridgehead atoms. The topological polar surface area (TPSA) is 54.7 Å². The summed E-state index contributed by atoms with van der Waals surface area (Å²) in [6, 6.07) is 8.24. The molecular weight excluding hydrogens is 174 g/mol. The van der Waals surface area contributed by atoms with E-state index in [-0.39, 0.29) is 0 Å². The van der Waals surface area contributed by atoms with Gasteiger partial charge in [0.15, 0.2) is 0 Å². The predicted molar refractivity (Wildman–Crippen MR) is 57.8 cm³/mol. The number of nitrogen functional groups attached to an aromatic ring is 1. The first kappa shape index (κ1) is 8.81. The third-order valence-electron chi connectivity index (χ3n) is 2.36. The van der Waals surface area contributed by atoms with Crippen LogP contribution in [0.1, 0.15) is 12.5 Å². The highest BCUT2D eigenvalue weighted by Gasteiger charge is 2.07. The Morgan fingerprint density at radius 2 is 2.07 bits per heavy atom. The number of hydrogen-bond acceptors (Lipinski definition) is 2. The molecule has 0 amide bonds. The lowest BCUT2D eigenvalue weighted by Crippen LogP contribution is -1.91. The molecule has 0 saturated heterocycles. The van der Waals surface area contributed by atoms with Gasteiger partial charge in [-0.05, 0) is 17.5 Å². The van der Waals surface area contributed by atoms with E-state index in [2.05, 4.69) is 29.3 Å². The summed E-state index contributed by atoms with van der Waals surface area (Å²) >= 11 is 0. The maximum absolute atomic E-state index is 5.78. The van der Waals surface area contributed by atoms with Crippen LogP contribution in [0.25, 0.3) is 11.1 Å². The Morgan fingerprint density at radius 3 is 2.71 bits per heavy atom. The van der Waals surface area contributed by atoms with Crippen molar-refractivity contribution in [1.29, 1.82) is 0 Å². The second-order valence-corrected chi connectivity index (χ2v) is 3.21. The van der Waals surface area contributed by atoms with Crippen molar-refractivity contribution in [1.82, 2.24) is 10.2 Å². The second kappa shape index (κ2) is 3.54.